The first-order valence-corrected chi connectivity index (χ1v) is 6.45. The molecule has 1 atom stereocenters. The number of hydrogen-bond donors (Lipinski definition) is 1. The predicted molar refractivity (Wildman–Crippen MR) is 69.5 cm³/mol. The lowest BCUT2D eigenvalue weighted by atomic mass is 10.0. The van der Waals surface area contributed by atoms with Crippen LogP contribution >= 0.6 is 34.5 Å². The van der Waals surface area contributed by atoms with Gasteiger partial charge in [0.25, 0.3) is 0 Å². The lowest BCUT2D eigenvalue weighted by Gasteiger charge is -2.10. The van der Waals surface area contributed by atoms with Gasteiger partial charge >= 0.3 is 0 Å². The van der Waals surface area contributed by atoms with Crippen molar-refractivity contribution in [2.75, 3.05) is 0 Å². The summed E-state index contributed by atoms with van der Waals surface area (Å²) in [5.41, 5.74) is 1.50. The number of halogens is 3. The molecule has 0 aliphatic carbocycles. The molecule has 0 saturated heterocycles. The quantitative estimate of drug-likeness (QED) is 0.858. The largest absolute Gasteiger partial charge is 0.384 e. The second-order valence-electron chi connectivity index (χ2n) is 3.69. The van der Waals surface area contributed by atoms with Crippen LogP contribution in [0.3, 0.4) is 0 Å². The van der Waals surface area contributed by atoms with Gasteiger partial charge in [-0.05, 0) is 30.2 Å². The van der Waals surface area contributed by atoms with Crippen LogP contribution in [-0.4, -0.2) is 5.11 Å². The molecule has 0 bridgehead atoms. The van der Waals surface area contributed by atoms with Crippen LogP contribution in [0.4, 0.5) is 4.39 Å². The van der Waals surface area contributed by atoms with Gasteiger partial charge in [-0.15, -0.1) is 11.3 Å². The van der Waals surface area contributed by atoms with E-state index in [4.69, 9.17) is 23.2 Å². The van der Waals surface area contributed by atoms with E-state index in [0.29, 0.717) is 25.4 Å². The molecule has 1 heterocycles. The van der Waals surface area contributed by atoms with Gasteiger partial charge in [-0.3, -0.25) is 0 Å². The molecule has 0 fully saturated rings. The molecule has 5 heteroatoms. The summed E-state index contributed by atoms with van der Waals surface area (Å²) in [5, 5.41) is 10.1. The van der Waals surface area contributed by atoms with Gasteiger partial charge in [-0.1, -0.05) is 35.3 Å². The van der Waals surface area contributed by atoms with Crippen molar-refractivity contribution in [1.29, 1.82) is 0 Å². The van der Waals surface area contributed by atoms with E-state index in [1.807, 2.05) is 0 Å². The van der Waals surface area contributed by atoms with E-state index in [1.165, 1.54) is 17.4 Å². The minimum absolute atomic E-state index is 0.348. The van der Waals surface area contributed by atoms with Crippen LogP contribution in [0.1, 0.15) is 22.8 Å². The maximum Gasteiger partial charge on any atom is 0.126 e. The summed E-state index contributed by atoms with van der Waals surface area (Å²) < 4.78 is 14.3. The maximum absolute atomic E-state index is 13.4. The zero-order chi connectivity index (χ0) is 12.6. The maximum atomic E-state index is 13.4. The van der Waals surface area contributed by atoms with Crippen molar-refractivity contribution >= 4 is 34.5 Å². The van der Waals surface area contributed by atoms with Crippen molar-refractivity contribution < 1.29 is 9.50 Å². The fraction of sp³-hybridized carbons (Fsp3) is 0.167. The van der Waals surface area contributed by atoms with E-state index < -0.39 is 6.10 Å². The van der Waals surface area contributed by atoms with Crippen LogP contribution < -0.4 is 0 Å². The Balaban J connectivity index is 2.40. The highest BCUT2D eigenvalue weighted by Crippen LogP contribution is 2.37. The molecule has 1 aromatic heterocycles. The van der Waals surface area contributed by atoms with Crippen molar-refractivity contribution in [3.8, 4) is 0 Å². The highest BCUT2D eigenvalue weighted by atomic mass is 35.5. The summed E-state index contributed by atoms with van der Waals surface area (Å²) in [6, 6.07) is 6.19. The Bertz CT molecular complexity index is 553. The molecule has 1 N–H and O–H groups in total. The number of benzene rings is 1. The van der Waals surface area contributed by atoms with Gasteiger partial charge in [-0.25, -0.2) is 4.39 Å². The van der Waals surface area contributed by atoms with Crippen LogP contribution in [0.25, 0.3) is 0 Å². The second-order valence-corrected chi connectivity index (χ2v) is 5.98. The van der Waals surface area contributed by atoms with Gasteiger partial charge in [0.15, 0.2) is 0 Å². The number of thiophene rings is 1. The zero-order valence-electron chi connectivity index (χ0n) is 8.88. The number of aliphatic hydroxyl groups excluding tert-OH is 1. The minimum atomic E-state index is -0.957. The molecule has 1 nitrogen and oxygen atoms in total. The predicted octanol–water partition coefficient (Wildman–Crippen LogP) is 4.58. The lowest BCUT2D eigenvalue weighted by Crippen LogP contribution is -1.99. The highest BCUT2D eigenvalue weighted by Gasteiger charge is 2.17. The minimum Gasteiger partial charge on any atom is -0.384 e. The third-order valence-electron chi connectivity index (χ3n) is 2.49. The van der Waals surface area contributed by atoms with Gasteiger partial charge < -0.3 is 5.11 Å². The van der Waals surface area contributed by atoms with Gasteiger partial charge in [-0.2, -0.15) is 0 Å². The Morgan fingerprint density at radius 1 is 1.29 bits per heavy atom. The standard InChI is InChI=1S/C12H9Cl2FOS/c1-6-2-3-7(4-9(6)15)11(16)8-5-10(13)17-12(8)14/h2-5,11,16H,1H3. The fourth-order valence-corrected chi connectivity index (χ4v) is 3.02. The molecule has 2 rings (SSSR count). The molecular weight excluding hydrogens is 282 g/mol. The van der Waals surface area contributed by atoms with Crippen LogP contribution in [-0.2, 0) is 0 Å². The molecule has 0 amide bonds. The van der Waals surface area contributed by atoms with Crippen LogP contribution in [0.5, 0.6) is 0 Å². The van der Waals surface area contributed by atoms with Gasteiger partial charge in [0, 0.05) is 5.56 Å². The highest BCUT2D eigenvalue weighted by molar-refractivity contribution is 7.20. The molecule has 0 aliphatic heterocycles. The van der Waals surface area contributed by atoms with Crippen molar-refractivity contribution in [2.45, 2.75) is 13.0 Å². The van der Waals surface area contributed by atoms with E-state index in [1.54, 1.807) is 25.1 Å². The van der Waals surface area contributed by atoms with Crippen molar-refractivity contribution in [2.24, 2.45) is 0 Å². The molecule has 0 spiro atoms. The van der Waals surface area contributed by atoms with E-state index in [0.717, 1.165) is 0 Å². The number of hydrogen-bond acceptors (Lipinski definition) is 2. The van der Waals surface area contributed by atoms with Crippen molar-refractivity contribution in [1.82, 2.24) is 0 Å². The summed E-state index contributed by atoms with van der Waals surface area (Å²) in [4.78, 5) is 0. The zero-order valence-corrected chi connectivity index (χ0v) is 11.2. The summed E-state index contributed by atoms with van der Waals surface area (Å²) in [7, 11) is 0. The van der Waals surface area contributed by atoms with Crippen molar-refractivity contribution in [3.05, 3.63) is 55.4 Å². The Kier molecular flexibility index (Phi) is 3.73. The molecule has 0 aliphatic rings. The number of aryl methyl sites for hydroxylation is 1. The van der Waals surface area contributed by atoms with Crippen LogP contribution in [0.15, 0.2) is 24.3 Å². The summed E-state index contributed by atoms with van der Waals surface area (Å²) in [5.74, 6) is -0.348. The second kappa shape index (κ2) is 4.94. The van der Waals surface area contributed by atoms with E-state index in [2.05, 4.69) is 0 Å². The smallest absolute Gasteiger partial charge is 0.126 e. The molecule has 0 saturated carbocycles. The van der Waals surface area contributed by atoms with E-state index in [-0.39, 0.29) is 5.82 Å². The van der Waals surface area contributed by atoms with Gasteiger partial charge in [0.05, 0.1) is 4.34 Å². The van der Waals surface area contributed by atoms with Crippen LogP contribution in [0, 0.1) is 12.7 Å². The summed E-state index contributed by atoms with van der Waals surface area (Å²) >= 11 is 12.9. The molecule has 2 aromatic rings. The first kappa shape index (κ1) is 12.8. The van der Waals surface area contributed by atoms with Crippen molar-refractivity contribution in [3.63, 3.8) is 0 Å². The monoisotopic (exact) mass is 290 g/mol. The average Bonchev–Trinajstić information content (AvgIpc) is 2.61. The lowest BCUT2D eigenvalue weighted by molar-refractivity contribution is 0.220. The molecular formula is C12H9Cl2FOS. The Labute approximate surface area is 112 Å². The van der Waals surface area contributed by atoms with E-state index in [9.17, 15) is 9.50 Å². The summed E-state index contributed by atoms with van der Waals surface area (Å²) in [6.45, 7) is 1.67. The fourth-order valence-electron chi connectivity index (χ4n) is 1.50. The third-order valence-corrected chi connectivity index (χ3v) is 4.01. The summed E-state index contributed by atoms with van der Waals surface area (Å²) in [6.07, 6.45) is -0.957. The Morgan fingerprint density at radius 3 is 2.53 bits per heavy atom. The van der Waals surface area contributed by atoms with Crippen LogP contribution in [0.2, 0.25) is 8.67 Å². The van der Waals surface area contributed by atoms with Gasteiger partial charge in [0.2, 0.25) is 0 Å². The third kappa shape index (κ3) is 2.63. The Hall–Kier alpha value is -0.610. The Morgan fingerprint density at radius 2 is 2.00 bits per heavy atom. The number of rotatable bonds is 2. The molecule has 1 unspecified atom stereocenters. The first-order chi connectivity index (χ1) is 7.99. The molecule has 90 valence electrons. The molecule has 17 heavy (non-hydrogen) atoms. The molecule has 0 radical (unpaired) electrons. The number of aliphatic hydroxyl groups is 1. The topological polar surface area (TPSA) is 20.2 Å². The molecule has 1 aromatic carbocycles. The van der Waals surface area contributed by atoms with Gasteiger partial charge in [0.1, 0.15) is 16.3 Å². The SMILES string of the molecule is Cc1ccc(C(O)c2cc(Cl)sc2Cl)cc1F. The average molecular weight is 291 g/mol. The first-order valence-electron chi connectivity index (χ1n) is 4.88. The van der Waals surface area contributed by atoms with E-state index >= 15 is 0 Å². The normalized spacial score (nSPS) is 12.8.